The van der Waals surface area contributed by atoms with Crippen molar-refractivity contribution < 1.29 is 19.1 Å². The zero-order chi connectivity index (χ0) is 25.4. The second-order valence-corrected chi connectivity index (χ2v) is 9.62. The number of rotatable bonds is 9. The first-order valence-corrected chi connectivity index (χ1v) is 12.4. The third-order valence-electron chi connectivity index (χ3n) is 4.50. The first-order valence-electron chi connectivity index (χ1n) is 10.1. The molecule has 0 atom stereocenters. The fourth-order valence-corrected chi connectivity index (χ4v) is 4.04. The Balaban J connectivity index is 1.57. The van der Waals surface area contributed by atoms with Crippen LogP contribution in [0.5, 0.6) is 11.5 Å². The number of hydrogen-bond donors (Lipinski definition) is 2. The Labute approximate surface area is 229 Å². The Morgan fingerprint density at radius 3 is 2.51 bits per heavy atom. The molecule has 35 heavy (non-hydrogen) atoms. The summed E-state index contributed by atoms with van der Waals surface area (Å²) in [5.74, 6) is -0.133. The molecule has 3 aromatic rings. The van der Waals surface area contributed by atoms with Gasteiger partial charge in [0.1, 0.15) is 13.0 Å². The Hall–Kier alpha value is -2.59. The van der Waals surface area contributed by atoms with Gasteiger partial charge in [-0.2, -0.15) is 5.10 Å². The van der Waals surface area contributed by atoms with E-state index in [-0.39, 0.29) is 5.02 Å². The van der Waals surface area contributed by atoms with Crippen LogP contribution in [0.15, 0.2) is 68.6 Å². The lowest BCUT2D eigenvalue weighted by molar-refractivity contribution is -0.126. The zero-order valence-corrected chi connectivity index (χ0v) is 23.0. The summed E-state index contributed by atoms with van der Waals surface area (Å²) in [5, 5.41) is 6.94. The van der Waals surface area contributed by atoms with Gasteiger partial charge in [-0.25, -0.2) is 5.43 Å². The van der Waals surface area contributed by atoms with Crippen molar-refractivity contribution in [2.45, 2.75) is 13.0 Å². The van der Waals surface area contributed by atoms with Crippen molar-refractivity contribution in [3.05, 3.63) is 84.7 Å². The molecule has 3 aromatic carbocycles. The van der Waals surface area contributed by atoms with Gasteiger partial charge in [-0.05, 0) is 63.5 Å². The summed E-state index contributed by atoms with van der Waals surface area (Å²) in [7, 11) is 1.53. The lowest BCUT2D eigenvalue weighted by Gasteiger charge is -2.13. The van der Waals surface area contributed by atoms with Crippen molar-refractivity contribution in [1.29, 1.82) is 0 Å². The van der Waals surface area contributed by atoms with Crippen LogP contribution in [0.3, 0.4) is 0 Å². The van der Waals surface area contributed by atoms with Crippen molar-refractivity contribution >= 4 is 78.8 Å². The second-order valence-electron chi connectivity index (χ2n) is 7.07. The highest BCUT2D eigenvalue weighted by Gasteiger charge is 2.13. The zero-order valence-electron chi connectivity index (χ0n) is 18.3. The van der Waals surface area contributed by atoms with Crippen LogP contribution in [0.4, 0.5) is 5.69 Å². The predicted octanol–water partition coefficient (Wildman–Crippen LogP) is 6.58. The summed E-state index contributed by atoms with van der Waals surface area (Å²) >= 11 is 18.8. The van der Waals surface area contributed by atoms with E-state index in [2.05, 4.69) is 47.7 Å². The van der Waals surface area contributed by atoms with E-state index in [9.17, 15) is 9.59 Å². The van der Waals surface area contributed by atoms with E-state index in [1.54, 1.807) is 30.3 Å². The number of amides is 2. The minimum Gasteiger partial charge on any atom is -0.493 e. The quantitative estimate of drug-likeness (QED) is 0.157. The van der Waals surface area contributed by atoms with Gasteiger partial charge in [-0.3, -0.25) is 9.59 Å². The molecular formula is C24H19Br2Cl2N3O4. The largest absolute Gasteiger partial charge is 0.493 e. The van der Waals surface area contributed by atoms with Crippen LogP contribution in [-0.4, -0.2) is 25.1 Å². The van der Waals surface area contributed by atoms with E-state index in [1.165, 1.54) is 13.3 Å². The summed E-state index contributed by atoms with van der Waals surface area (Å²) in [4.78, 5) is 24.2. The summed E-state index contributed by atoms with van der Waals surface area (Å²) in [6.07, 6.45) is 0.978. The summed E-state index contributed by atoms with van der Waals surface area (Å²) in [5.41, 5.74) is 4.27. The SMILES string of the molecule is COc1cc(C=NNC(=O)CC(=O)Nc2cccc(Cl)c2Cl)cc(Br)c1OCc1ccc(Br)cc1. The number of benzene rings is 3. The maximum absolute atomic E-state index is 12.1. The minimum atomic E-state index is -0.600. The van der Waals surface area contributed by atoms with Crippen molar-refractivity contribution in [3.63, 3.8) is 0 Å². The van der Waals surface area contributed by atoms with Crippen molar-refractivity contribution in [3.8, 4) is 11.5 Å². The van der Waals surface area contributed by atoms with E-state index in [0.717, 1.165) is 10.0 Å². The predicted molar refractivity (Wildman–Crippen MR) is 145 cm³/mol. The average Bonchev–Trinajstić information content (AvgIpc) is 2.82. The number of ether oxygens (including phenoxy) is 2. The number of hydrogen-bond acceptors (Lipinski definition) is 5. The van der Waals surface area contributed by atoms with E-state index in [0.29, 0.717) is 38.9 Å². The number of nitrogens with zero attached hydrogens (tertiary/aromatic N) is 1. The lowest BCUT2D eigenvalue weighted by atomic mass is 10.2. The Morgan fingerprint density at radius 2 is 1.80 bits per heavy atom. The van der Waals surface area contributed by atoms with Crippen molar-refractivity contribution in [2.24, 2.45) is 5.10 Å². The van der Waals surface area contributed by atoms with Crippen LogP contribution >= 0.6 is 55.1 Å². The topological polar surface area (TPSA) is 89.0 Å². The monoisotopic (exact) mass is 641 g/mol. The molecule has 0 spiro atoms. The van der Waals surface area contributed by atoms with Gasteiger partial charge in [0, 0.05) is 4.47 Å². The van der Waals surface area contributed by atoms with Gasteiger partial charge in [0.05, 0.1) is 33.5 Å². The highest BCUT2D eigenvalue weighted by molar-refractivity contribution is 9.10. The maximum Gasteiger partial charge on any atom is 0.249 e. The smallest absolute Gasteiger partial charge is 0.249 e. The number of carbonyl (C=O) groups is 2. The molecule has 7 nitrogen and oxygen atoms in total. The van der Waals surface area contributed by atoms with Gasteiger partial charge in [0.15, 0.2) is 11.5 Å². The Bertz CT molecular complexity index is 1250. The molecule has 0 aliphatic rings. The fraction of sp³-hybridized carbons (Fsp3) is 0.125. The first-order chi connectivity index (χ1) is 16.8. The van der Waals surface area contributed by atoms with Gasteiger partial charge in [0.25, 0.3) is 0 Å². The molecule has 0 radical (unpaired) electrons. The van der Waals surface area contributed by atoms with Crippen molar-refractivity contribution in [2.75, 3.05) is 12.4 Å². The molecule has 0 bridgehead atoms. The summed E-state index contributed by atoms with van der Waals surface area (Å²) in [6, 6.07) is 16.1. The van der Waals surface area contributed by atoms with Gasteiger partial charge in [-0.1, -0.05) is 57.3 Å². The Morgan fingerprint density at radius 1 is 1.06 bits per heavy atom. The van der Waals surface area contributed by atoms with Crippen molar-refractivity contribution in [1.82, 2.24) is 5.43 Å². The molecule has 0 heterocycles. The first kappa shape index (κ1) is 27.0. The van der Waals surface area contributed by atoms with Gasteiger partial charge in [-0.15, -0.1) is 0 Å². The molecule has 3 rings (SSSR count). The van der Waals surface area contributed by atoms with Gasteiger partial charge >= 0.3 is 0 Å². The summed E-state index contributed by atoms with van der Waals surface area (Å²) in [6.45, 7) is 0.355. The van der Waals surface area contributed by atoms with Crippen LogP contribution < -0.4 is 20.2 Å². The molecule has 182 valence electrons. The molecular weight excluding hydrogens is 625 g/mol. The van der Waals surface area contributed by atoms with Crippen LogP contribution in [0.25, 0.3) is 0 Å². The third-order valence-corrected chi connectivity index (χ3v) is 6.43. The van der Waals surface area contributed by atoms with Crippen LogP contribution in [0, 0.1) is 0 Å². The Kier molecular flexibility index (Phi) is 9.97. The van der Waals surface area contributed by atoms with Gasteiger partial charge in [0.2, 0.25) is 11.8 Å². The maximum atomic E-state index is 12.1. The van der Waals surface area contributed by atoms with Gasteiger partial charge < -0.3 is 14.8 Å². The molecule has 0 aromatic heterocycles. The normalized spacial score (nSPS) is 10.8. The number of anilines is 1. The molecule has 2 N–H and O–H groups in total. The van der Waals surface area contributed by atoms with E-state index < -0.39 is 18.2 Å². The molecule has 0 aliphatic carbocycles. The molecule has 11 heteroatoms. The van der Waals surface area contributed by atoms with Crippen LogP contribution in [0.1, 0.15) is 17.5 Å². The van der Waals surface area contributed by atoms with E-state index >= 15 is 0 Å². The lowest BCUT2D eigenvalue weighted by Crippen LogP contribution is -2.24. The molecule has 0 fully saturated rings. The number of nitrogens with one attached hydrogen (secondary N) is 2. The fourth-order valence-electron chi connectivity index (χ4n) is 2.85. The second kappa shape index (κ2) is 12.9. The number of methoxy groups -OCH3 is 1. The average molecular weight is 644 g/mol. The molecule has 0 aliphatic heterocycles. The highest BCUT2D eigenvalue weighted by atomic mass is 79.9. The minimum absolute atomic E-state index is 0.199. The number of hydrazone groups is 1. The van der Waals surface area contributed by atoms with Crippen LogP contribution in [-0.2, 0) is 16.2 Å². The van der Waals surface area contributed by atoms with Crippen LogP contribution in [0.2, 0.25) is 10.0 Å². The standard InChI is InChI=1S/C24H19Br2Cl2N3O4/c1-34-20-10-15(9-17(26)24(20)35-13-14-5-7-16(25)8-6-14)12-29-31-22(33)11-21(32)30-19-4-2-3-18(27)23(19)28/h2-10,12H,11,13H2,1H3,(H,30,32)(H,31,33). The molecule has 0 unspecified atom stereocenters. The van der Waals surface area contributed by atoms with E-state index in [4.69, 9.17) is 32.7 Å². The number of carbonyl (C=O) groups excluding carboxylic acids is 2. The molecule has 0 saturated heterocycles. The molecule has 0 saturated carbocycles. The number of halogens is 4. The molecule has 2 amide bonds. The third kappa shape index (κ3) is 7.96. The summed E-state index contributed by atoms with van der Waals surface area (Å²) < 4.78 is 13.0. The highest BCUT2D eigenvalue weighted by Crippen LogP contribution is 2.37. The van der Waals surface area contributed by atoms with E-state index in [1.807, 2.05) is 24.3 Å².